The third-order valence-electron chi connectivity index (χ3n) is 5.73. The highest BCUT2D eigenvalue weighted by atomic mass is 32.2. The maximum absolute atomic E-state index is 12.9. The summed E-state index contributed by atoms with van der Waals surface area (Å²) in [5.41, 5.74) is 0. The van der Waals surface area contributed by atoms with E-state index in [0.717, 1.165) is 18.1 Å². The van der Waals surface area contributed by atoms with E-state index in [1.165, 1.54) is 44.9 Å². The van der Waals surface area contributed by atoms with Crippen LogP contribution in [0.3, 0.4) is 0 Å². The zero-order valence-corrected chi connectivity index (χ0v) is 14.3. The van der Waals surface area contributed by atoms with Gasteiger partial charge in [0.1, 0.15) is 0 Å². The van der Waals surface area contributed by atoms with E-state index in [0.29, 0.717) is 24.0 Å². The fraction of sp³-hybridized carbons (Fsp3) is 0.941. The molecule has 3 rings (SSSR count). The van der Waals surface area contributed by atoms with Crippen molar-refractivity contribution in [2.75, 3.05) is 6.26 Å². The van der Waals surface area contributed by atoms with Gasteiger partial charge in [-0.05, 0) is 50.7 Å². The molecule has 1 aliphatic heterocycles. The first kappa shape index (κ1) is 15.7. The number of amides is 1. The molecule has 3 nitrogen and oxygen atoms in total. The maximum atomic E-state index is 12.9. The lowest BCUT2D eigenvalue weighted by Gasteiger charge is -2.34. The first-order valence-corrected chi connectivity index (χ1v) is 10.1. The Kier molecular flexibility index (Phi) is 5.15. The van der Waals surface area contributed by atoms with E-state index in [1.807, 2.05) is 11.8 Å². The van der Waals surface area contributed by atoms with Crippen molar-refractivity contribution in [3.8, 4) is 0 Å². The number of hydrogen-bond acceptors (Lipinski definition) is 3. The number of nitrogens with one attached hydrogen (secondary N) is 1. The van der Waals surface area contributed by atoms with Crippen molar-refractivity contribution in [2.24, 2.45) is 5.92 Å². The standard InChI is InChI=1S/C17H30N2OS/c1-3-6-15-17(20)19(13-9-10-14(11-13)21-2)16(18-15)12-7-4-5-8-12/h12-16,18H,3-11H2,1-2H3. The van der Waals surface area contributed by atoms with Crippen LogP contribution in [0.15, 0.2) is 0 Å². The minimum Gasteiger partial charge on any atom is -0.322 e. The van der Waals surface area contributed by atoms with E-state index in [9.17, 15) is 4.79 Å². The van der Waals surface area contributed by atoms with Gasteiger partial charge in [0.2, 0.25) is 5.91 Å². The minimum absolute atomic E-state index is 0.0916. The lowest BCUT2D eigenvalue weighted by atomic mass is 10.0. The number of thioether (sulfide) groups is 1. The van der Waals surface area contributed by atoms with Gasteiger partial charge in [-0.2, -0.15) is 11.8 Å². The van der Waals surface area contributed by atoms with Gasteiger partial charge in [0.05, 0.1) is 12.2 Å². The molecule has 0 spiro atoms. The van der Waals surface area contributed by atoms with Crippen LogP contribution in [0.5, 0.6) is 0 Å². The lowest BCUT2D eigenvalue weighted by molar-refractivity contribution is -0.133. The lowest BCUT2D eigenvalue weighted by Crippen LogP contribution is -2.47. The number of nitrogens with zero attached hydrogens (tertiary/aromatic N) is 1. The highest BCUT2D eigenvalue weighted by Crippen LogP contribution is 2.38. The Morgan fingerprint density at radius 1 is 1.24 bits per heavy atom. The molecule has 120 valence electrons. The Morgan fingerprint density at radius 3 is 2.62 bits per heavy atom. The van der Waals surface area contributed by atoms with Crippen molar-refractivity contribution in [3.05, 3.63) is 0 Å². The summed E-state index contributed by atoms with van der Waals surface area (Å²) in [4.78, 5) is 15.2. The molecule has 1 amide bonds. The molecule has 0 radical (unpaired) electrons. The van der Waals surface area contributed by atoms with Gasteiger partial charge in [-0.15, -0.1) is 0 Å². The molecular weight excluding hydrogens is 280 g/mol. The fourth-order valence-corrected chi connectivity index (χ4v) is 5.38. The second-order valence-electron chi connectivity index (χ2n) is 7.07. The number of carbonyl (C=O) groups excluding carboxylic acids is 1. The number of carbonyl (C=O) groups is 1. The van der Waals surface area contributed by atoms with E-state index in [2.05, 4.69) is 23.4 Å². The summed E-state index contributed by atoms with van der Waals surface area (Å²) < 4.78 is 0. The summed E-state index contributed by atoms with van der Waals surface area (Å²) in [7, 11) is 0. The summed E-state index contributed by atoms with van der Waals surface area (Å²) >= 11 is 1.98. The monoisotopic (exact) mass is 310 g/mol. The molecule has 1 N–H and O–H groups in total. The van der Waals surface area contributed by atoms with Gasteiger partial charge in [0.25, 0.3) is 0 Å². The molecule has 2 aliphatic carbocycles. The summed E-state index contributed by atoms with van der Waals surface area (Å²) in [5, 5.41) is 4.47. The van der Waals surface area contributed by atoms with E-state index in [1.54, 1.807) is 0 Å². The first-order valence-electron chi connectivity index (χ1n) is 8.85. The van der Waals surface area contributed by atoms with Crippen molar-refractivity contribution in [1.29, 1.82) is 0 Å². The summed E-state index contributed by atoms with van der Waals surface area (Å²) in [6.07, 6.45) is 13.6. The SMILES string of the molecule is CCCC1NC(C2CCCC2)N(C2CCC(SC)C2)C1=O. The van der Waals surface area contributed by atoms with Crippen LogP contribution in [0.25, 0.3) is 0 Å². The van der Waals surface area contributed by atoms with Crippen molar-refractivity contribution in [2.45, 2.75) is 88.2 Å². The molecule has 0 aromatic rings. The molecule has 1 heterocycles. The van der Waals surface area contributed by atoms with Crippen LogP contribution < -0.4 is 5.32 Å². The van der Waals surface area contributed by atoms with Gasteiger partial charge in [-0.1, -0.05) is 26.2 Å². The average molecular weight is 311 g/mol. The fourth-order valence-electron chi connectivity index (χ4n) is 4.60. The van der Waals surface area contributed by atoms with E-state index in [4.69, 9.17) is 0 Å². The first-order chi connectivity index (χ1) is 10.2. The molecular formula is C17H30N2OS. The van der Waals surface area contributed by atoms with Crippen LogP contribution in [0.1, 0.15) is 64.7 Å². The van der Waals surface area contributed by atoms with Crippen LogP contribution in [-0.2, 0) is 4.79 Å². The van der Waals surface area contributed by atoms with E-state index < -0.39 is 0 Å². The third kappa shape index (κ3) is 3.12. The van der Waals surface area contributed by atoms with Crippen LogP contribution in [0, 0.1) is 5.92 Å². The minimum atomic E-state index is 0.0916. The van der Waals surface area contributed by atoms with Gasteiger partial charge in [0.15, 0.2) is 0 Å². The summed E-state index contributed by atoms with van der Waals surface area (Å²) in [6, 6.07) is 0.587. The second-order valence-corrected chi connectivity index (χ2v) is 8.21. The molecule has 0 aromatic carbocycles. The van der Waals surface area contributed by atoms with Crippen molar-refractivity contribution in [3.63, 3.8) is 0 Å². The highest BCUT2D eigenvalue weighted by molar-refractivity contribution is 7.99. The average Bonchev–Trinajstić information content (AvgIpc) is 3.19. The molecule has 0 bridgehead atoms. The smallest absolute Gasteiger partial charge is 0.241 e. The predicted molar refractivity (Wildman–Crippen MR) is 89.4 cm³/mol. The zero-order chi connectivity index (χ0) is 14.8. The molecule has 1 saturated heterocycles. The maximum Gasteiger partial charge on any atom is 0.241 e. The topological polar surface area (TPSA) is 32.3 Å². The second kappa shape index (κ2) is 6.91. The Balaban J connectivity index is 1.74. The molecule has 4 heteroatoms. The van der Waals surface area contributed by atoms with E-state index in [-0.39, 0.29) is 6.04 Å². The largest absolute Gasteiger partial charge is 0.322 e. The van der Waals surface area contributed by atoms with Crippen molar-refractivity contribution in [1.82, 2.24) is 10.2 Å². The highest BCUT2D eigenvalue weighted by Gasteiger charge is 2.47. The number of hydrogen-bond donors (Lipinski definition) is 1. The van der Waals surface area contributed by atoms with Gasteiger partial charge in [-0.25, -0.2) is 0 Å². The van der Waals surface area contributed by atoms with Crippen LogP contribution in [0.2, 0.25) is 0 Å². The number of rotatable bonds is 5. The van der Waals surface area contributed by atoms with Crippen molar-refractivity contribution >= 4 is 17.7 Å². The Labute approximate surface area is 133 Å². The van der Waals surface area contributed by atoms with E-state index >= 15 is 0 Å². The predicted octanol–water partition coefficient (Wildman–Crippen LogP) is 3.39. The van der Waals surface area contributed by atoms with Gasteiger partial charge in [-0.3, -0.25) is 10.1 Å². The third-order valence-corrected chi connectivity index (χ3v) is 6.83. The summed E-state index contributed by atoms with van der Waals surface area (Å²) in [5.74, 6) is 1.10. The molecule has 2 saturated carbocycles. The Morgan fingerprint density at radius 2 is 2.00 bits per heavy atom. The molecule has 0 aromatic heterocycles. The molecule has 4 atom stereocenters. The summed E-state index contributed by atoms with van der Waals surface area (Å²) in [6.45, 7) is 2.18. The zero-order valence-electron chi connectivity index (χ0n) is 13.5. The Bertz CT molecular complexity index is 370. The van der Waals surface area contributed by atoms with Gasteiger partial charge >= 0.3 is 0 Å². The molecule has 4 unspecified atom stereocenters. The van der Waals surface area contributed by atoms with Crippen LogP contribution in [0.4, 0.5) is 0 Å². The Hall–Kier alpha value is -0.220. The normalized spacial score (nSPS) is 37.8. The van der Waals surface area contributed by atoms with Gasteiger partial charge < -0.3 is 4.90 Å². The van der Waals surface area contributed by atoms with Gasteiger partial charge in [0, 0.05) is 11.3 Å². The molecule has 3 fully saturated rings. The van der Waals surface area contributed by atoms with Crippen molar-refractivity contribution < 1.29 is 4.79 Å². The van der Waals surface area contributed by atoms with Crippen LogP contribution in [-0.4, -0.2) is 40.6 Å². The molecule has 3 aliphatic rings. The molecule has 21 heavy (non-hydrogen) atoms. The quantitative estimate of drug-likeness (QED) is 0.845. The van der Waals surface area contributed by atoms with Crippen LogP contribution >= 0.6 is 11.8 Å².